The van der Waals surface area contributed by atoms with Crippen LogP contribution in [0.3, 0.4) is 0 Å². The minimum atomic E-state index is -0.356. The molecule has 2 amide bonds. The monoisotopic (exact) mass is 356 g/mol. The molecule has 2 saturated heterocycles. The van der Waals surface area contributed by atoms with Crippen molar-refractivity contribution in [3.63, 3.8) is 0 Å². The highest BCUT2D eigenvalue weighted by molar-refractivity contribution is 5.90. The first-order chi connectivity index (χ1) is 12.7. The third-order valence-electron chi connectivity index (χ3n) is 6.32. The van der Waals surface area contributed by atoms with Crippen molar-refractivity contribution in [2.24, 2.45) is 5.92 Å². The summed E-state index contributed by atoms with van der Waals surface area (Å²) in [5, 5.41) is 0. The number of hydrogen-bond acceptors (Lipinski definition) is 3. The highest BCUT2D eigenvalue weighted by Crippen LogP contribution is 2.45. The predicted octanol–water partition coefficient (Wildman–Crippen LogP) is 2.21. The van der Waals surface area contributed by atoms with Crippen molar-refractivity contribution in [2.75, 3.05) is 39.4 Å². The summed E-state index contributed by atoms with van der Waals surface area (Å²) < 4.78 is 5.35. The first kappa shape index (κ1) is 17.5. The molecule has 3 aliphatic rings. The van der Waals surface area contributed by atoms with Crippen LogP contribution in [0.4, 0.5) is 0 Å². The number of amides is 2. The molecule has 5 heteroatoms. The second kappa shape index (κ2) is 7.39. The number of carbonyl (C=O) groups is 2. The number of hydrogen-bond donors (Lipinski definition) is 0. The van der Waals surface area contributed by atoms with Crippen LogP contribution in [0.5, 0.6) is 0 Å². The van der Waals surface area contributed by atoms with Gasteiger partial charge in [-0.2, -0.15) is 0 Å². The van der Waals surface area contributed by atoms with E-state index in [-0.39, 0.29) is 23.1 Å². The van der Waals surface area contributed by atoms with Crippen LogP contribution in [0.1, 0.15) is 37.7 Å². The zero-order chi connectivity index (χ0) is 18.0. The minimum Gasteiger partial charge on any atom is -0.378 e. The summed E-state index contributed by atoms with van der Waals surface area (Å²) in [4.78, 5) is 30.2. The van der Waals surface area contributed by atoms with E-state index < -0.39 is 0 Å². The molecule has 0 radical (unpaired) electrons. The Kier molecular flexibility index (Phi) is 4.98. The van der Waals surface area contributed by atoms with Gasteiger partial charge in [0, 0.05) is 26.2 Å². The van der Waals surface area contributed by atoms with Crippen LogP contribution in [-0.4, -0.2) is 61.0 Å². The summed E-state index contributed by atoms with van der Waals surface area (Å²) >= 11 is 0. The number of morpholine rings is 1. The molecule has 1 saturated carbocycles. The Labute approximate surface area is 155 Å². The van der Waals surface area contributed by atoms with Crippen LogP contribution >= 0.6 is 0 Å². The molecule has 2 aliphatic heterocycles. The van der Waals surface area contributed by atoms with Crippen LogP contribution in [0.15, 0.2) is 30.3 Å². The highest BCUT2D eigenvalue weighted by Gasteiger charge is 2.48. The maximum atomic E-state index is 13.4. The standard InChI is InChI=1S/C21H28N2O3/c24-19(22-12-14-26-15-13-22)17-6-4-11-23(16-17)20(25)21(9-5-10-21)18-7-2-1-3-8-18/h1-3,7-8,17H,4-6,9-16H2/t17-/m0/s1. The minimum absolute atomic E-state index is 0.0568. The average molecular weight is 356 g/mol. The van der Waals surface area contributed by atoms with Crippen molar-refractivity contribution in [1.82, 2.24) is 9.80 Å². The third-order valence-corrected chi connectivity index (χ3v) is 6.32. The lowest BCUT2D eigenvalue weighted by molar-refractivity contribution is -0.148. The maximum absolute atomic E-state index is 13.4. The first-order valence-electron chi connectivity index (χ1n) is 9.92. The molecule has 0 N–H and O–H groups in total. The molecule has 0 aromatic heterocycles. The number of ether oxygens (including phenoxy) is 1. The Morgan fingerprint density at radius 2 is 1.69 bits per heavy atom. The lowest BCUT2D eigenvalue weighted by atomic mass is 9.63. The fourth-order valence-corrected chi connectivity index (χ4v) is 4.62. The van der Waals surface area contributed by atoms with Gasteiger partial charge in [-0.25, -0.2) is 0 Å². The number of piperidine rings is 1. The van der Waals surface area contributed by atoms with Crippen LogP contribution < -0.4 is 0 Å². The van der Waals surface area contributed by atoms with E-state index >= 15 is 0 Å². The number of carbonyl (C=O) groups excluding carboxylic acids is 2. The lowest BCUT2D eigenvalue weighted by Crippen LogP contribution is -2.55. The van der Waals surface area contributed by atoms with Crippen LogP contribution in [0.2, 0.25) is 0 Å². The quantitative estimate of drug-likeness (QED) is 0.834. The molecule has 1 aliphatic carbocycles. The van der Waals surface area contributed by atoms with Gasteiger partial charge in [-0.3, -0.25) is 9.59 Å². The fourth-order valence-electron chi connectivity index (χ4n) is 4.62. The second-order valence-corrected chi connectivity index (χ2v) is 7.83. The first-order valence-corrected chi connectivity index (χ1v) is 9.92. The normalized spacial score (nSPS) is 25.5. The highest BCUT2D eigenvalue weighted by atomic mass is 16.5. The van der Waals surface area contributed by atoms with E-state index in [0.29, 0.717) is 32.8 Å². The van der Waals surface area contributed by atoms with Gasteiger partial charge in [0.2, 0.25) is 11.8 Å². The van der Waals surface area contributed by atoms with Crippen molar-refractivity contribution < 1.29 is 14.3 Å². The molecule has 1 aromatic carbocycles. The zero-order valence-corrected chi connectivity index (χ0v) is 15.4. The molecule has 0 spiro atoms. The van der Waals surface area contributed by atoms with Gasteiger partial charge in [-0.1, -0.05) is 36.8 Å². The summed E-state index contributed by atoms with van der Waals surface area (Å²) in [6, 6.07) is 10.2. The maximum Gasteiger partial charge on any atom is 0.233 e. The molecule has 26 heavy (non-hydrogen) atoms. The fraction of sp³-hybridized carbons (Fsp3) is 0.619. The molecule has 5 nitrogen and oxygen atoms in total. The second-order valence-electron chi connectivity index (χ2n) is 7.83. The van der Waals surface area contributed by atoms with Gasteiger partial charge in [-0.15, -0.1) is 0 Å². The van der Waals surface area contributed by atoms with E-state index in [0.717, 1.165) is 44.2 Å². The molecule has 4 rings (SSSR count). The molecular weight excluding hydrogens is 328 g/mol. The molecule has 2 heterocycles. The van der Waals surface area contributed by atoms with Crippen molar-refractivity contribution >= 4 is 11.8 Å². The molecule has 140 valence electrons. The van der Waals surface area contributed by atoms with Gasteiger partial charge in [-0.05, 0) is 31.2 Å². The zero-order valence-electron chi connectivity index (χ0n) is 15.4. The third kappa shape index (κ3) is 3.13. The Bertz CT molecular complexity index is 650. The summed E-state index contributed by atoms with van der Waals surface area (Å²) in [7, 11) is 0. The molecule has 0 unspecified atom stereocenters. The van der Waals surface area contributed by atoms with Crippen LogP contribution in [-0.2, 0) is 19.7 Å². The Balaban J connectivity index is 1.47. The number of rotatable bonds is 3. The summed E-state index contributed by atoms with van der Waals surface area (Å²) in [6.07, 6.45) is 4.75. The van der Waals surface area contributed by atoms with Crippen molar-refractivity contribution in [2.45, 2.75) is 37.5 Å². The van der Waals surface area contributed by atoms with E-state index in [9.17, 15) is 9.59 Å². The summed E-state index contributed by atoms with van der Waals surface area (Å²) in [5.41, 5.74) is 0.781. The van der Waals surface area contributed by atoms with Gasteiger partial charge in [0.15, 0.2) is 0 Å². The molecule has 1 atom stereocenters. The van der Waals surface area contributed by atoms with E-state index in [1.807, 2.05) is 28.0 Å². The lowest BCUT2D eigenvalue weighted by Gasteiger charge is -2.46. The van der Waals surface area contributed by atoms with E-state index in [1.54, 1.807) is 0 Å². The molecular formula is C21H28N2O3. The number of likely N-dealkylation sites (tertiary alicyclic amines) is 1. The van der Waals surface area contributed by atoms with Gasteiger partial charge < -0.3 is 14.5 Å². The summed E-state index contributed by atoms with van der Waals surface area (Å²) in [6.45, 7) is 3.95. The van der Waals surface area contributed by atoms with E-state index in [2.05, 4.69) is 12.1 Å². The Hall–Kier alpha value is -1.88. The average Bonchev–Trinajstić information content (AvgIpc) is 2.68. The van der Waals surface area contributed by atoms with Crippen molar-refractivity contribution in [3.8, 4) is 0 Å². The Morgan fingerprint density at radius 3 is 2.35 bits per heavy atom. The number of nitrogens with zero attached hydrogens (tertiary/aromatic N) is 2. The van der Waals surface area contributed by atoms with Gasteiger partial charge in [0.25, 0.3) is 0 Å². The van der Waals surface area contributed by atoms with E-state index in [1.165, 1.54) is 0 Å². The SMILES string of the molecule is O=C([C@H]1CCCN(C(=O)C2(c3ccccc3)CCC2)C1)N1CCOCC1. The molecule has 1 aromatic rings. The smallest absolute Gasteiger partial charge is 0.233 e. The van der Waals surface area contributed by atoms with E-state index in [4.69, 9.17) is 4.74 Å². The van der Waals surface area contributed by atoms with Gasteiger partial charge in [0.05, 0.1) is 24.5 Å². The van der Waals surface area contributed by atoms with Crippen molar-refractivity contribution in [1.29, 1.82) is 0 Å². The number of benzene rings is 1. The topological polar surface area (TPSA) is 49.9 Å². The van der Waals surface area contributed by atoms with Gasteiger partial charge >= 0.3 is 0 Å². The molecule has 3 fully saturated rings. The largest absolute Gasteiger partial charge is 0.378 e. The van der Waals surface area contributed by atoms with Crippen LogP contribution in [0.25, 0.3) is 0 Å². The predicted molar refractivity (Wildman–Crippen MR) is 98.7 cm³/mol. The molecule has 0 bridgehead atoms. The van der Waals surface area contributed by atoms with Gasteiger partial charge in [0.1, 0.15) is 0 Å². The Morgan fingerprint density at radius 1 is 0.962 bits per heavy atom. The summed E-state index contributed by atoms with van der Waals surface area (Å²) in [5.74, 6) is 0.376. The van der Waals surface area contributed by atoms with Crippen molar-refractivity contribution in [3.05, 3.63) is 35.9 Å². The van der Waals surface area contributed by atoms with Crippen LogP contribution in [0, 0.1) is 5.92 Å².